The Morgan fingerprint density at radius 1 is 1.50 bits per heavy atom. The average molecular weight is 292 g/mol. The first-order chi connectivity index (χ1) is 9.60. The van der Waals surface area contributed by atoms with Gasteiger partial charge in [-0.3, -0.25) is 5.10 Å². The van der Waals surface area contributed by atoms with E-state index < -0.39 is 0 Å². The highest BCUT2D eigenvalue weighted by atomic mass is 32.2. The first-order valence-electron chi connectivity index (χ1n) is 6.23. The van der Waals surface area contributed by atoms with Crippen LogP contribution in [-0.2, 0) is 4.74 Å². The van der Waals surface area contributed by atoms with Crippen molar-refractivity contribution in [2.24, 2.45) is 0 Å². The van der Waals surface area contributed by atoms with Crippen molar-refractivity contribution >= 4 is 23.4 Å². The zero-order valence-electron chi connectivity index (χ0n) is 11.3. The fourth-order valence-corrected chi connectivity index (χ4v) is 2.39. The largest absolute Gasteiger partial charge is 0.462 e. The summed E-state index contributed by atoms with van der Waals surface area (Å²) in [5.74, 6) is 0.340. The minimum atomic E-state index is -0.381. The number of rotatable bonds is 5. The van der Waals surface area contributed by atoms with E-state index in [1.54, 1.807) is 18.2 Å². The van der Waals surface area contributed by atoms with Crippen molar-refractivity contribution in [2.75, 3.05) is 12.3 Å². The van der Waals surface area contributed by atoms with Gasteiger partial charge in [-0.1, -0.05) is 6.92 Å². The van der Waals surface area contributed by atoms with Gasteiger partial charge >= 0.3 is 5.97 Å². The van der Waals surface area contributed by atoms with E-state index in [9.17, 15) is 4.79 Å². The van der Waals surface area contributed by atoms with Crippen molar-refractivity contribution < 1.29 is 9.53 Å². The molecule has 0 atom stereocenters. The molecule has 7 heteroatoms. The van der Waals surface area contributed by atoms with Crippen LogP contribution < -0.4 is 5.73 Å². The van der Waals surface area contributed by atoms with Gasteiger partial charge < -0.3 is 10.5 Å². The van der Waals surface area contributed by atoms with Gasteiger partial charge in [0.25, 0.3) is 0 Å². The molecule has 1 aromatic carbocycles. The van der Waals surface area contributed by atoms with Gasteiger partial charge in [0, 0.05) is 10.6 Å². The van der Waals surface area contributed by atoms with Gasteiger partial charge in [0.1, 0.15) is 5.82 Å². The van der Waals surface area contributed by atoms with Gasteiger partial charge in [-0.25, -0.2) is 9.78 Å². The van der Waals surface area contributed by atoms with Crippen LogP contribution in [0, 0.1) is 6.92 Å². The number of nitrogens with two attached hydrogens (primary N) is 1. The van der Waals surface area contributed by atoms with E-state index in [1.165, 1.54) is 11.8 Å². The third-order valence-electron chi connectivity index (χ3n) is 2.44. The van der Waals surface area contributed by atoms with Gasteiger partial charge in [0.2, 0.25) is 5.16 Å². The maximum absolute atomic E-state index is 12.0. The number of aromatic amines is 1. The molecule has 20 heavy (non-hydrogen) atoms. The molecule has 106 valence electrons. The second-order valence-electron chi connectivity index (χ2n) is 4.20. The number of nitrogen functional groups attached to an aromatic ring is 1. The molecule has 0 unspecified atom stereocenters. The molecule has 2 rings (SSSR count). The molecular weight excluding hydrogens is 276 g/mol. The second kappa shape index (κ2) is 6.42. The van der Waals surface area contributed by atoms with Crippen molar-refractivity contribution in [3.63, 3.8) is 0 Å². The number of anilines is 1. The van der Waals surface area contributed by atoms with Crippen LogP contribution in [0.1, 0.15) is 29.5 Å². The van der Waals surface area contributed by atoms with Gasteiger partial charge in [-0.2, -0.15) is 0 Å². The summed E-state index contributed by atoms with van der Waals surface area (Å²) in [6, 6.07) is 5.12. The summed E-state index contributed by atoms with van der Waals surface area (Å²) in [7, 11) is 0. The van der Waals surface area contributed by atoms with Crippen molar-refractivity contribution in [3.8, 4) is 0 Å². The van der Waals surface area contributed by atoms with Gasteiger partial charge in [-0.15, -0.1) is 5.10 Å². The molecule has 6 nitrogen and oxygen atoms in total. The number of hydrogen-bond acceptors (Lipinski definition) is 6. The molecule has 0 aliphatic carbocycles. The number of benzene rings is 1. The molecule has 2 aromatic rings. The Morgan fingerprint density at radius 2 is 2.30 bits per heavy atom. The number of carbonyl (C=O) groups is 1. The van der Waals surface area contributed by atoms with Gasteiger partial charge in [-0.05, 0) is 43.3 Å². The fourth-order valence-electron chi connectivity index (χ4n) is 1.53. The normalized spacial score (nSPS) is 10.5. The molecule has 0 radical (unpaired) electrons. The number of aryl methyl sites for hydroxylation is 1. The highest BCUT2D eigenvalue weighted by Crippen LogP contribution is 2.29. The van der Waals surface area contributed by atoms with E-state index in [2.05, 4.69) is 15.2 Å². The first-order valence-corrected chi connectivity index (χ1v) is 7.05. The molecule has 0 aliphatic rings. The number of H-pyrrole nitrogens is 1. The number of hydrogen-bond donors (Lipinski definition) is 2. The number of nitrogens with zero attached hydrogens (tertiary/aromatic N) is 2. The average Bonchev–Trinajstić information content (AvgIpc) is 2.83. The molecule has 0 bridgehead atoms. The Hall–Kier alpha value is -2.02. The Bertz CT molecular complexity index is 612. The second-order valence-corrected chi connectivity index (χ2v) is 5.21. The Balaban J connectivity index is 2.25. The number of aromatic nitrogens is 3. The van der Waals surface area contributed by atoms with E-state index in [1.807, 2.05) is 13.8 Å². The minimum absolute atomic E-state index is 0.381. The molecule has 0 saturated carbocycles. The number of ether oxygens (including phenoxy) is 1. The van der Waals surface area contributed by atoms with E-state index >= 15 is 0 Å². The van der Waals surface area contributed by atoms with E-state index in [0.717, 1.165) is 17.1 Å². The molecule has 0 fully saturated rings. The lowest BCUT2D eigenvalue weighted by molar-refractivity contribution is 0.0501. The fraction of sp³-hybridized carbons (Fsp3) is 0.308. The maximum Gasteiger partial charge on any atom is 0.339 e. The number of nitrogens with one attached hydrogen (secondary N) is 1. The third kappa shape index (κ3) is 3.51. The number of carbonyl (C=O) groups excluding carboxylic acids is 1. The summed E-state index contributed by atoms with van der Waals surface area (Å²) < 4.78 is 5.16. The summed E-state index contributed by atoms with van der Waals surface area (Å²) in [5.41, 5.74) is 6.69. The quantitative estimate of drug-likeness (QED) is 0.649. The topological polar surface area (TPSA) is 93.9 Å². The van der Waals surface area contributed by atoms with Crippen molar-refractivity contribution in [1.29, 1.82) is 0 Å². The molecule has 0 amide bonds. The zero-order chi connectivity index (χ0) is 14.5. The molecule has 0 spiro atoms. The summed E-state index contributed by atoms with van der Waals surface area (Å²) in [6.07, 6.45) is 0.774. The molecule has 1 heterocycles. The summed E-state index contributed by atoms with van der Waals surface area (Å²) in [5, 5.41) is 7.35. The lowest BCUT2D eigenvalue weighted by Gasteiger charge is -2.08. The van der Waals surface area contributed by atoms with Crippen LogP contribution in [0.3, 0.4) is 0 Å². The predicted molar refractivity (Wildman–Crippen MR) is 76.7 cm³/mol. The van der Waals surface area contributed by atoms with Crippen LogP contribution in [0.25, 0.3) is 0 Å². The van der Waals surface area contributed by atoms with E-state index in [-0.39, 0.29) is 5.97 Å². The minimum Gasteiger partial charge on any atom is -0.462 e. The monoisotopic (exact) mass is 292 g/mol. The lowest BCUT2D eigenvalue weighted by Crippen LogP contribution is -2.08. The summed E-state index contributed by atoms with van der Waals surface area (Å²) >= 11 is 1.30. The standard InChI is InChI=1S/C13H16N4O2S/c1-3-6-19-12(18)10-7-9(14)4-5-11(10)20-13-15-8(2)16-17-13/h4-5,7H,3,6,14H2,1-2H3,(H,15,16,17). The molecule has 1 aromatic heterocycles. The van der Waals surface area contributed by atoms with E-state index in [0.29, 0.717) is 23.0 Å². The first kappa shape index (κ1) is 14.4. The molecule has 0 saturated heterocycles. The summed E-state index contributed by atoms with van der Waals surface area (Å²) in [4.78, 5) is 17.0. The van der Waals surface area contributed by atoms with Crippen LogP contribution in [0.5, 0.6) is 0 Å². The zero-order valence-corrected chi connectivity index (χ0v) is 12.2. The van der Waals surface area contributed by atoms with Crippen molar-refractivity contribution in [3.05, 3.63) is 29.6 Å². The molecular formula is C13H16N4O2S. The summed E-state index contributed by atoms with van der Waals surface area (Å²) in [6.45, 7) is 4.15. The van der Waals surface area contributed by atoms with Crippen LogP contribution in [0.2, 0.25) is 0 Å². The van der Waals surface area contributed by atoms with Crippen LogP contribution in [0.15, 0.2) is 28.3 Å². The third-order valence-corrected chi connectivity index (χ3v) is 3.38. The smallest absolute Gasteiger partial charge is 0.339 e. The predicted octanol–water partition coefficient (Wildman–Crippen LogP) is 2.41. The Kier molecular flexibility index (Phi) is 4.62. The van der Waals surface area contributed by atoms with Crippen LogP contribution in [0.4, 0.5) is 5.69 Å². The van der Waals surface area contributed by atoms with Gasteiger partial charge in [0.15, 0.2) is 0 Å². The highest BCUT2D eigenvalue weighted by Gasteiger charge is 2.15. The van der Waals surface area contributed by atoms with Crippen LogP contribution >= 0.6 is 11.8 Å². The lowest BCUT2D eigenvalue weighted by atomic mass is 10.2. The van der Waals surface area contributed by atoms with E-state index in [4.69, 9.17) is 10.5 Å². The molecule has 3 N–H and O–H groups in total. The van der Waals surface area contributed by atoms with Crippen molar-refractivity contribution in [1.82, 2.24) is 15.2 Å². The Morgan fingerprint density at radius 3 is 2.95 bits per heavy atom. The van der Waals surface area contributed by atoms with Crippen molar-refractivity contribution in [2.45, 2.75) is 30.3 Å². The number of esters is 1. The highest BCUT2D eigenvalue weighted by molar-refractivity contribution is 7.99. The SMILES string of the molecule is CCCOC(=O)c1cc(N)ccc1Sc1n[nH]c(C)n1. The maximum atomic E-state index is 12.0. The molecule has 0 aliphatic heterocycles. The Labute approximate surface area is 121 Å². The van der Waals surface area contributed by atoms with Gasteiger partial charge in [0.05, 0.1) is 12.2 Å². The van der Waals surface area contributed by atoms with Crippen LogP contribution in [-0.4, -0.2) is 27.8 Å².